The Kier molecular flexibility index (Phi) is 6.58. The van der Waals surface area contributed by atoms with Crippen LogP contribution < -0.4 is 10.6 Å². The van der Waals surface area contributed by atoms with Crippen molar-refractivity contribution in [3.05, 3.63) is 27.4 Å². The molecule has 1 aromatic rings. The van der Waals surface area contributed by atoms with E-state index in [1.165, 1.54) is 12.1 Å². The van der Waals surface area contributed by atoms with Crippen LogP contribution in [0.25, 0.3) is 0 Å². The summed E-state index contributed by atoms with van der Waals surface area (Å²) >= 11 is 9.12. The van der Waals surface area contributed by atoms with Crippen molar-refractivity contribution in [1.82, 2.24) is 5.32 Å². The molecule has 0 unspecified atom stereocenters. The second-order valence-corrected chi connectivity index (χ2v) is 5.44. The highest BCUT2D eigenvalue weighted by Crippen LogP contribution is 2.31. The first-order valence-electron chi connectivity index (χ1n) is 6.15. The van der Waals surface area contributed by atoms with Crippen molar-refractivity contribution in [3.63, 3.8) is 0 Å². The fourth-order valence-corrected chi connectivity index (χ4v) is 2.61. The second kappa shape index (κ2) is 7.70. The van der Waals surface area contributed by atoms with Crippen LogP contribution in [0, 0.1) is 5.82 Å². The van der Waals surface area contributed by atoms with E-state index in [0.717, 1.165) is 12.8 Å². The predicted molar refractivity (Wildman–Crippen MR) is 80.1 cm³/mol. The standard InChI is InChI=1S/C13H17BrClFN2O/c1-3-9(4-2)18-12(19)7-17-13-10(14)5-8(16)6-11(13)15/h5-6,9,17H,3-4,7H2,1-2H3,(H,18,19). The van der Waals surface area contributed by atoms with E-state index >= 15 is 0 Å². The van der Waals surface area contributed by atoms with Crippen LogP contribution in [0.3, 0.4) is 0 Å². The number of nitrogens with one attached hydrogen (secondary N) is 2. The van der Waals surface area contributed by atoms with Gasteiger partial charge in [-0.3, -0.25) is 4.79 Å². The van der Waals surface area contributed by atoms with Gasteiger partial charge in [-0.05, 0) is 40.9 Å². The molecule has 0 atom stereocenters. The van der Waals surface area contributed by atoms with Crippen LogP contribution in [0.5, 0.6) is 0 Å². The molecule has 0 aliphatic rings. The van der Waals surface area contributed by atoms with E-state index in [9.17, 15) is 9.18 Å². The summed E-state index contributed by atoms with van der Waals surface area (Å²) < 4.78 is 13.5. The van der Waals surface area contributed by atoms with E-state index in [4.69, 9.17) is 11.6 Å². The lowest BCUT2D eigenvalue weighted by Crippen LogP contribution is -2.37. The number of carbonyl (C=O) groups excluding carboxylic acids is 1. The maximum Gasteiger partial charge on any atom is 0.239 e. The van der Waals surface area contributed by atoms with E-state index in [-0.39, 0.29) is 23.5 Å². The van der Waals surface area contributed by atoms with Crippen molar-refractivity contribution in [2.45, 2.75) is 32.7 Å². The third-order valence-corrected chi connectivity index (χ3v) is 3.71. The first-order chi connectivity index (χ1) is 8.97. The van der Waals surface area contributed by atoms with E-state index in [1.54, 1.807) is 0 Å². The molecule has 3 nitrogen and oxygen atoms in total. The monoisotopic (exact) mass is 350 g/mol. The van der Waals surface area contributed by atoms with Crippen LogP contribution in [0.4, 0.5) is 10.1 Å². The average Bonchev–Trinajstić information content (AvgIpc) is 2.34. The van der Waals surface area contributed by atoms with E-state index in [2.05, 4.69) is 26.6 Å². The Morgan fingerprint density at radius 2 is 2.05 bits per heavy atom. The molecule has 6 heteroatoms. The van der Waals surface area contributed by atoms with Gasteiger partial charge in [0, 0.05) is 10.5 Å². The van der Waals surface area contributed by atoms with Crippen molar-refractivity contribution in [2.24, 2.45) is 0 Å². The molecule has 0 bridgehead atoms. The normalized spacial score (nSPS) is 10.6. The molecular formula is C13H17BrClFN2O. The number of carbonyl (C=O) groups is 1. The van der Waals surface area contributed by atoms with Gasteiger partial charge in [-0.15, -0.1) is 0 Å². The molecule has 106 valence electrons. The predicted octanol–water partition coefficient (Wildman–Crippen LogP) is 3.96. The summed E-state index contributed by atoms with van der Waals surface area (Å²) in [6, 6.07) is 2.68. The van der Waals surface area contributed by atoms with E-state index in [1.807, 2.05) is 13.8 Å². The molecule has 0 heterocycles. The summed E-state index contributed by atoms with van der Waals surface area (Å²) in [5, 5.41) is 6.05. The van der Waals surface area contributed by atoms with Crippen molar-refractivity contribution < 1.29 is 9.18 Å². The quantitative estimate of drug-likeness (QED) is 0.814. The highest BCUT2D eigenvalue weighted by Gasteiger charge is 2.11. The molecule has 1 aromatic carbocycles. The molecule has 0 aliphatic heterocycles. The highest BCUT2D eigenvalue weighted by atomic mass is 79.9. The van der Waals surface area contributed by atoms with Crippen LogP contribution >= 0.6 is 27.5 Å². The smallest absolute Gasteiger partial charge is 0.239 e. The summed E-state index contributed by atoms with van der Waals surface area (Å²) in [6.45, 7) is 4.14. The molecule has 0 aliphatic carbocycles. The summed E-state index contributed by atoms with van der Waals surface area (Å²) in [6.07, 6.45) is 1.78. The van der Waals surface area contributed by atoms with Gasteiger partial charge < -0.3 is 10.6 Å². The Morgan fingerprint density at radius 3 is 2.58 bits per heavy atom. The van der Waals surface area contributed by atoms with Crippen molar-refractivity contribution in [2.75, 3.05) is 11.9 Å². The lowest BCUT2D eigenvalue weighted by molar-refractivity contribution is -0.120. The Labute approximate surface area is 126 Å². The molecule has 0 aromatic heterocycles. The number of hydrogen-bond acceptors (Lipinski definition) is 2. The number of halogens is 3. The third-order valence-electron chi connectivity index (χ3n) is 2.78. The molecule has 19 heavy (non-hydrogen) atoms. The minimum Gasteiger partial charge on any atom is -0.374 e. The van der Waals surface area contributed by atoms with Gasteiger partial charge >= 0.3 is 0 Å². The summed E-state index contributed by atoms with van der Waals surface area (Å²) in [7, 11) is 0. The summed E-state index contributed by atoms with van der Waals surface area (Å²) in [4.78, 5) is 11.7. The van der Waals surface area contributed by atoms with Crippen molar-refractivity contribution in [3.8, 4) is 0 Å². The van der Waals surface area contributed by atoms with Crippen LogP contribution in [0.2, 0.25) is 5.02 Å². The molecule has 0 radical (unpaired) electrons. The molecule has 0 fully saturated rings. The lowest BCUT2D eigenvalue weighted by atomic mass is 10.2. The molecule has 1 rings (SSSR count). The molecule has 0 spiro atoms. The minimum atomic E-state index is -0.427. The molecule has 1 amide bonds. The zero-order valence-electron chi connectivity index (χ0n) is 10.9. The highest BCUT2D eigenvalue weighted by molar-refractivity contribution is 9.10. The van der Waals surface area contributed by atoms with Crippen LogP contribution in [-0.2, 0) is 4.79 Å². The zero-order valence-corrected chi connectivity index (χ0v) is 13.2. The van der Waals surface area contributed by atoms with E-state index < -0.39 is 5.82 Å². The third kappa shape index (κ3) is 4.99. The van der Waals surface area contributed by atoms with Crippen LogP contribution in [-0.4, -0.2) is 18.5 Å². The Bertz CT molecular complexity index is 429. The number of anilines is 1. The number of amides is 1. The zero-order chi connectivity index (χ0) is 14.4. The van der Waals surface area contributed by atoms with Crippen molar-refractivity contribution in [1.29, 1.82) is 0 Å². The van der Waals surface area contributed by atoms with Gasteiger partial charge in [-0.2, -0.15) is 0 Å². The SMILES string of the molecule is CCC(CC)NC(=O)CNc1c(Cl)cc(F)cc1Br. The summed E-state index contributed by atoms with van der Waals surface area (Å²) in [5.74, 6) is -0.537. The van der Waals surface area contributed by atoms with E-state index in [0.29, 0.717) is 10.2 Å². The van der Waals surface area contributed by atoms with Gasteiger partial charge in [0.15, 0.2) is 0 Å². The fourth-order valence-electron chi connectivity index (χ4n) is 1.65. The maximum atomic E-state index is 13.0. The lowest BCUT2D eigenvalue weighted by Gasteiger charge is -2.16. The van der Waals surface area contributed by atoms with Gasteiger partial charge in [-0.1, -0.05) is 25.4 Å². The van der Waals surface area contributed by atoms with Crippen LogP contribution in [0.15, 0.2) is 16.6 Å². The molecular weight excluding hydrogens is 335 g/mol. The van der Waals surface area contributed by atoms with Gasteiger partial charge in [-0.25, -0.2) is 4.39 Å². The minimum absolute atomic E-state index is 0.0977. The average molecular weight is 352 g/mol. The van der Waals surface area contributed by atoms with Gasteiger partial charge in [0.25, 0.3) is 0 Å². The fraction of sp³-hybridized carbons (Fsp3) is 0.462. The first kappa shape index (κ1) is 16.2. The Balaban J connectivity index is 2.60. The van der Waals surface area contributed by atoms with Gasteiger partial charge in [0.05, 0.1) is 17.3 Å². The Hall–Kier alpha value is -0.810. The second-order valence-electron chi connectivity index (χ2n) is 4.18. The topological polar surface area (TPSA) is 41.1 Å². The molecule has 0 saturated heterocycles. The van der Waals surface area contributed by atoms with Gasteiger partial charge in [0.2, 0.25) is 5.91 Å². The molecule has 2 N–H and O–H groups in total. The first-order valence-corrected chi connectivity index (χ1v) is 7.32. The molecule has 0 saturated carbocycles. The summed E-state index contributed by atoms with van der Waals surface area (Å²) in [5.41, 5.74) is 0.516. The number of rotatable bonds is 6. The van der Waals surface area contributed by atoms with Gasteiger partial charge in [0.1, 0.15) is 5.82 Å². The maximum absolute atomic E-state index is 13.0. The van der Waals surface area contributed by atoms with Crippen LogP contribution in [0.1, 0.15) is 26.7 Å². The van der Waals surface area contributed by atoms with Crippen molar-refractivity contribution >= 4 is 39.1 Å². The Morgan fingerprint density at radius 1 is 1.42 bits per heavy atom. The number of hydrogen-bond donors (Lipinski definition) is 2. The largest absolute Gasteiger partial charge is 0.374 e. The number of benzene rings is 1.